The molecule has 4 nitrogen and oxygen atoms in total. The molecule has 2 fully saturated rings. The highest BCUT2D eigenvalue weighted by atomic mass is 32.2. The fourth-order valence-corrected chi connectivity index (χ4v) is 3.57. The summed E-state index contributed by atoms with van der Waals surface area (Å²) in [6.45, 7) is 2.87. The zero-order valence-electron chi connectivity index (χ0n) is 9.94. The van der Waals surface area contributed by atoms with E-state index >= 15 is 0 Å². The van der Waals surface area contributed by atoms with Gasteiger partial charge in [0.2, 0.25) is 5.91 Å². The average molecular weight is 244 g/mol. The van der Waals surface area contributed by atoms with Crippen LogP contribution >= 0.6 is 11.8 Å². The Kier molecular flexibility index (Phi) is 3.47. The van der Waals surface area contributed by atoms with E-state index in [2.05, 4.69) is 0 Å². The van der Waals surface area contributed by atoms with Gasteiger partial charge >= 0.3 is 0 Å². The van der Waals surface area contributed by atoms with Crippen molar-refractivity contribution in [1.29, 1.82) is 0 Å². The first-order valence-corrected chi connectivity index (χ1v) is 6.89. The van der Waals surface area contributed by atoms with Crippen LogP contribution in [0.2, 0.25) is 0 Å². The van der Waals surface area contributed by atoms with Crippen LogP contribution in [0.5, 0.6) is 0 Å². The minimum absolute atomic E-state index is 0.144. The topological polar surface area (TPSA) is 55.6 Å². The maximum absolute atomic E-state index is 12.4. The molecule has 0 aromatic carbocycles. The Morgan fingerprint density at radius 2 is 2.38 bits per heavy atom. The van der Waals surface area contributed by atoms with Crippen LogP contribution < -0.4 is 5.73 Å². The maximum Gasteiger partial charge on any atom is 0.232 e. The number of rotatable bonds is 2. The summed E-state index contributed by atoms with van der Waals surface area (Å²) < 4.78 is 5.33. The molecule has 2 heterocycles. The van der Waals surface area contributed by atoms with Crippen LogP contribution in [0, 0.1) is 5.41 Å². The van der Waals surface area contributed by atoms with Crippen molar-refractivity contribution in [1.82, 2.24) is 4.90 Å². The molecule has 3 atom stereocenters. The van der Waals surface area contributed by atoms with Crippen molar-refractivity contribution in [2.75, 3.05) is 31.8 Å². The van der Waals surface area contributed by atoms with Crippen LogP contribution in [0.4, 0.5) is 0 Å². The van der Waals surface area contributed by atoms with Gasteiger partial charge in [0.15, 0.2) is 0 Å². The van der Waals surface area contributed by atoms with E-state index in [1.165, 1.54) is 0 Å². The number of carbonyl (C=O) groups excluding carboxylic acids is 1. The Bertz CT molecular complexity index is 281. The number of hydrogen-bond acceptors (Lipinski definition) is 4. The van der Waals surface area contributed by atoms with Gasteiger partial charge in [0.05, 0.1) is 18.6 Å². The highest BCUT2D eigenvalue weighted by molar-refractivity contribution is 7.99. The normalized spacial score (nSPS) is 38.9. The second-order valence-electron chi connectivity index (χ2n) is 4.97. The lowest BCUT2D eigenvalue weighted by Crippen LogP contribution is -2.53. The third-order valence-corrected chi connectivity index (χ3v) is 4.92. The molecule has 0 aromatic heterocycles. The summed E-state index contributed by atoms with van der Waals surface area (Å²) in [4.78, 5) is 14.3. The van der Waals surface area contributed by atoms with Crippen molar-refractivity contribution in [2.24, 2.45) is 11.1 Å². The van der Waals surface area contributed by atoms with Crippen molar-refractivity contribution in [2.45, 2.75) is 25.4 Å². The molecule has 2 N–H and O–H groups in total. The predicted octanol–water partition coefficient (Wildman–Crippen LogP) is 0.314. The van der Waals surface area contributed by atoms with Crippen LogP contribution in [0.15, 0.2) is 0 Å². The molecule has 0 aliphatic carbocycles. The zero-order valence-corrected chi connectivity index (χ0v) is 10.8. The monoisotopic (exact) mass is 244 g/mol. The van der Waals surface area contributed by atoms with Gasteiger partial charge in [0.1, 0.15) is 0 Å². The summed E-state index contributed by atoms with van der Waals surface area (Å²) in [6.07, 6.45) is 1.10. The Morgan fingerprint density at radius 3 is 2.88 bits per heavy atom. The Morgan fingerprint density at radius 1 is 1.62 bits per heavy atom. The third kappa shape index (κ3) is 1.96. The highest BCUT2D eigenvalue weighted by Crippen LogP contribution is 2.31. The zero-order chi connectivity index (χ0) is 11.8. The van der Waals surface area contributed by atoms with E-state index in [0.29, 0.717) is 19.3 Å². The second-order valence-corrected chi connectivity index (χ2v) is 6.12. The third-order valence-electron chi connectivity index (χ3n) is 3.78. The molecule has 92 valence electrons. The molecule has 0 bridgehead atoms. The van der Waals surface area contributed by atoms with Gasteiger partial charge in [-0.2, -0.15) is 11.8 Å². The molecule has 0 radical (unpaired) electrons. The molecule has 16 heavy (non-hydrogen) atoms. The maximum atomic E-state index is 12.4. The van der Waals surface area contributed by atoms with Crippen LogP contribution in [-0.2, 0) is 9.53 Å². The van der Waals surface area contributed by atoms with Gasteiger partial charge < -0.3 is 15.4 Å². The molecule has 0 spiro atoms. The molecular weight excluding hydrogens is 224 g/mol. The molecule has 2 saturated heterocycles. The van der Waals surface area contributed by atoms with E-state index in [-0.39, 0.29) is 11.9 Å². The summed E-state index contributed by atoms with van der Waals surface area (Å²) in [5, 5.41) is 0. The van der Waals surface area contributed by atoms with Crippen molar-refractivity contribution >= 4 is 17.7 Å². The second kappa shape index (κ2) is 4.55. The standard InChI is InChI=1S/C11H20N2O2S/c1-11(7-15-5-9(11)12)10(14)13(2)8-3-4-16-6-8/h8-9H,3-7,12H2,1-2H3. The summed E-state index contributed by atoms with van der Waals surface area (Å²) in [5.41, 5.74) is 5.45. The number of nitrogens with zero attached hydrogens (tertiary/aromatic N) is 1. The molecule has 2 rings (SSSR count). The molecule has 1 amide bonds. The molecule has 0 aromatic rings. The summed E-state index contributed by atoms with van der Waals surface area (Å²) in [7, 11) is 1.90. The van der Waals surface area contributed by atoms with E-state index in [1.807, 2.05) is 30.6 Å². The summed E-state index contributed by atoms with van der Waals surface area (Å²) >= 11 is 1.91. The minimum Gasteiger partial charge on any atom is -0.379 e. The lowest BCUT2D eigenvalue weighted by molar-refractivity contribution is -0.142. The van der Waals surface area contributed by atoms with E-state index in [4.69, 9.17) is 10.5 Å². The van der Waals surface area contributed by atoms with Gasteiger partial charge in [-0.3, -0.25) is 4.79 Å². The van der Waals surface area contributed by atoms with Gasteiger partial charge in [-0.15, -0.1) is 0 Å². The molecular formula is C11H20N2O2S. The van der Waals surface area contributed by atoms with Crippen LogP contribution in [0.1, 0.15) is 13.3 Å². The quantitative estimate of drug-likeness (QED) is 0.760. The molecule has 3 unspecified atom stereocenters. The van der Waals surface area contributed by atoms with Crippen LogP contribution in [0.3, 0.4) is 0 Å². The molecule has 2 aliphatic heterocycles. The minimum atomic E-state index is -0.526. The fraction of sp³-hybridized carbons (Fsp3) is 0.909. The van der Waals surface area contributed by atoms with Gasteiger partial charge in [-0.25, -0.2) is 0 Å². The first kappa shape index (κ1) is 12.2. The fourth-order valence-electron chi connectivity index (χ4n) is 2.31. The molecule has 2 aliphatic rings. The number of hydrogen-bond donors (Lipinski definition) is 1. The Balaban J connectivity index is 2.05. The van der Waals surface area contributed by atoms with Gasteiger partial charge in [-0.1, -0.05) is 0 Å². The number of thioether (sulfide) groups is 1. The number of carbonyl (C=O) groups is 1. The van der Waals surface area contributed by atoms with Gasteiger partial charge in [0, 0.05) is 24.9 Å². The molecule has 5 heteroatoms. The first-order valence-electron chi connectivity index (χ1n) is 5.74. The summed E-state index contributed by atoms with van der Waals surface area (Å²) in [5.74, 6) is 2.35. The number of nitrogens with two attached hydrogens (primary N) is 1. The predicted molar refractivity (Wildman–Crippen MR) is 65.4 cm³/mol. The van der Waals surface area contributed by atoms with Crippen molar-refractivity contribution < 1.29 is 9.53 Å². The average Bonchev–Trinajstić information content (AvgIpc) is 2.88. The van der Waals surface area contributed by atoms with Gasteiger partial charge in [0.25, 0.3) is 0 Å². The Hall–Kier alpha value is -0.260. The van der Waals surface area contributed by atoms with E-state index < -0.39 is 5.41 Å². The van der Waals surface area contributed by atoms with Crippen molar-refractivity contribution in [3.63, 3.8) is 0 Å². The smallest absolute Gasteiger partial charge is 0.232 e. The largest absolute Gasteiger partial charge is 0.379 e. The van der Waals surface area contributed by atoms with E-state index in [9.17, 15) is 4.79 Å². The van der Waals surface area contributed by atoms with E-state index in [1.54, 1.807) is 0 Å². The SMILES string of the molecule is CN(C(=O)C1(C)COCC1N)C1CCSC1. The lowest BCUT2D eigenvalue weighted by atomic mass is 9.84. The van der Waals surface area contributed by atoms with E-state index in [0.717, 1.165) is 17.9 Å². The van der Waals surface area contributed by atoms with Crippen molar-refractivity contribution in [3.05, 3.63) is 0 Å². The van der Waals surface area contributed by atoms with Crippen LogP contribution in [0.25, 0.3) is 0 Å². The first-order chi connectivity index (χ1) is 7.55. The Labute approximate surface area is 101 Å². The number of ether oxygens (including phenoxy) is 1. The highest BCUT2D eigenvalue weighted by Gasteiger charge is 2.46. The van der Waals surface area contributed by atoms with Crippen molar-refractivity contribution in [3.8, 4) is 0 Å². The molecule has 0 saturated carbocycles. The lowest BCUT2D eigenvalue weighted by Gasteiger charge is -2.34. The number of amides is 1. The summed E-state index contributed by atoms with van der Waals surface area (Å²) in [6, 6.07) is 0.207. The van der Waals surface area contributed by atoms with Gasteiger partial charge in [-0.05, 0) is 19.1 Å². The van der Waals surface area contributed by atoms with Crippen LogP contribution in [-0.4, -0.2) is 54.7 Å².